The monoisotopic (exact) mass is 406 g/mol. The van der Waals surface area contributed by atoms with Crippen LogP contribution in [0, 0.1) is 10.1 Å². The largest absolute Gasteiger partial charge is 0.497 e. The van der Waals surface area contributed by atoms with Crippen molar-refractivity contribution in [2.75, 3.05) is 12.0 Å². The molecule has 0 unspecified atom stereocenters. The lowest BCUT2D eigenvalue weighted by Gasteiger charge is -2.24. The van der Waals surface area contributed by atoms with Gasteiger partial charge in [0.2, 0.25) is 0 Å². The number of carboxylic acids is 1. The number of nitro benzene ring substituents is 1. The number of aromatic carboxylic acids is 1. The van der Waals surface area contributed by atoms with E-state index in [1.165, 1.54) is 36.3 Å². The van der Waals surface area contributed by atoms with Gasteiger partial charge in [-0.1, -0.05) is 24.3 Å². The molecule has 8 heteroatoms. The molecule has 0 aliphatic heterocycles. The van der Waals surface area contributed by atoms with Crippen LogP contribution >= 0.6 is 0 Å². The summed E-state index contributed by atoms with van der Waals surface area (Å²) in [4.78, 5) is 36.7. The summed E-state index contributed by atoms with van der Waals surface area (Å²) in [6.07, 6.45) is 0. The smallest absolute Gasteiger partial charge is 0.336 e. The normalized spacial score (nSPS) is 10.3. The number of hydrogen-bond acceptors (Lipinski definition) is 5. The van der Waals surface area contributed by atoms with Crippen LogP contribution in [-0.4, -0.2) is 29.0 Å². The molecule has 0 aliphatic carbocycles. The Balaban J connectivity index is 2.01. The predicted molar refractivity (Wildman–Crippen MR) is 110 cm³/mol. The van der Waals surface area contributed by atoms with Gasteiger partial charge in [0.05, 0.1) is 29.7 Å². The molecule has 0 radical (unpaired) electrons. The fourth-order valence-electron chi connectivity index (χ4n) is 2.95. The molecule has 0 fully saturated rings. The Labute approximate surface area is 172 Å². The molecule has 3 aromatic rings. The number of carbonyl (C=O) groups excluding carboxylic acids is 1. The number of hydrogen-bond donors (Lipinski definition) is 1. The molecule has 0 aromatic heterocycles. The first-order valence-corrected chi connectivity index (χ1v) is 8.92. The van der Waals surface area contributed by atoms with Crippen LogP contribution < -0.4 is 9.64 Å². The van der Waals surface area contributed by atoms with Crippen LogP contribution in [0.3, 0.4) is 0 Å². The lowest BCUT2D eigenvalue weighted by Crippen LogP contribution is -2.31. The van der Waals surface area contributed by atoms with Gasteiger partial charge >= 0.3 is 5.97 Å². The van der Waals surface area contributed by atoms with E-state index in [0.717, 1.165) is 0 Å². The number of carbonyl (C=O) groups is 2. The Morgan fingerprint density at radius 3 is 2.10 bits per heavy atom. The van der Waals surface area contributed by atoms with Crippen molar-refractivity contribution in [1.29, 1.82) is 0 Å². The molecular formula is C22H18N2O6. The van der Waals surface area contributed by atoms with Gasteiger partial charge in [-0.3, -0.25) is 14.9 Å². The summed E-state index contributed by atoms with van der Waals surface area (Å²) in [5.41, 5.74) is 1.06. The van der Waals surface area contributed by atoms with E-state index in [9.17, 15) is 24.8 Å². The Hall–Kier alpha value is -4.20. The topological polar surface area (TPSA) is 110 Å². The number of methoxy groups -OCH3 is 1. The standard InChI is InChI=1S/C22H18N2O6/c1-30-18-12-10-16(11-13-18)23(14-15-6-8-17(9-7-15)24(28)29)21(25)19-4-2-3-5-20(19)22(26)27/h2-13H,14H2,1H3,(H,26,27). The third-order valence-electron chi connectivity index (χ3n) is 4.50. The molecule has 30 heavy (non-hydrogen) atoms. The van der Waals surface area contributed by atoms with Crippen LogP contribution in [0.15, 0.2) is 72.8 Å². The number of benzene rings is 3. The summed E-state index contributed by atoms with van der Waals surface area (Å²) in [6.45, 7) is 0.0944. The second-order valence-corrected chi connectivity index (χ2v) is 6.36. The summed E-state index contributed by atoms with van der Waals surface area (Å²) < 4.78 is 5.15. The number of rotatable bonds is 7. The lowest BCUT2D eigenvalue weighted by atomic mass is 10.1. The average molecular weight is 406 g/mol. The summed E-state index contributed by atoms with van der Waals surface area (Å²) in [5.74, 6) is -1.10. The molecule has 3 rings (SSSR count). The van der Waals surface area contributed by atoms with Crippen LogP contribution in [-0.2, 0) is 6.54 Å². The van der Waals surface area contributed by atoms with Gasteiger partial charge in [0, 0.05) is 17.8 Å². The summed E-state index contributed by atoms with van der Waals surface area (Å²) in [7, 11) is 1.53. The quantitative estimate of drug-likeness (QED) is 0.466. The molecule has 0 bridgehead atoms. The van der Waals surface area contributed by atoms with Crippen LogP contribution in [0.4, 0.5) is 11.4 Å². The molecule has 1 amide bonds. The van der Waals surface area contributed by atoms with E-state index in [2.05, 4.69) is 0 Å². The van der Waals surface area contributed by atoms with Crippen molar-refractivity contribution in [3.05, 3.63) is 99.6 Å². The highest BCUT2D eigenvalue weighted by molar-refractivity contribution is 6.11. The van der Waals surface area contributed by atoms with E-state index in [1.807, 2.05) is 0 Å². The first-order valence-electron chi connectivity index (χ1n) is 8.92. The summed E-state index contributed by atoms with van der Waals surface area (Å²) >= 11 is 0. The Bertz CT molecular complexity index is 1080. The first kappa shape index (κ1) is 20.5. The highest BCUT2D eigenvalue weighted by atomic mass is 16.6. The van der Waals surface area contributed by atoms with Crippen LogP contribution in [0.25, 0.3) is 0 Å². The van der Waals surface area contributed by atoms with Gasteiger partial charge in [0.25, 0.3) is 11.6 Å². The highest BCUT2D eigenvalue weighted by Crippen LogP contribution is 2.25. The van der Waals surface area contributed by atoms with Crippen molar-refractivity contribution in [3.63, 3.8) is 0 Å². The molecule has 0 aliphatic rings. The molecule has 8 nitrogen and oxygen atoms in total. The van der Waals surface area contributed by atoms with Crippen molar-refractivity contribution >= 4 is 23.3 Å². The van der Waals surface area contributed by atoms with Crippen molar-refractivity contribution in [3.8, 4) is 5.75 Å². The van der Waals surface area contributed by atoms with Crippen LogP contribution in [0.2, 0.25) is 0 Å². The zero-order chi connectivity index (χ0) is 21.7. The number of amides is 1. The molecule has 0 saturated carbocycles. The minimum Gasteiger partial charge on any atom is -0.497 e. The van der Waals surface area contributed by atoms with Crippen LogP contribution in [0.1, 0.15) is 26.3 Å². The third kappa shape index (κ3) is 4.44. The molecule has 152 valence electrons. The van der Waals surface area contributed by atoms with Gasteiger partial charge in [-0.25, -0.2) is 4.79 Å². The zero-order valence-electron chi connectivity index (χ0n) is 16.0. The number of non-ortho nitro benzene ring substituents is 1. The fourth-order valence-corrected chi connectivity index (χ4v) is 2.95. The Morgan fingerprint density at radius 2 is 1.57 bits per heavy atom. The fraction of sp³-hybridized carbons (Fsp3) is 0.0909. The SMILES string of the molecule is COc1ccc(N(Cc2ccc([N+](=O)[O-])cc2)C(=O)c2ccccc2C(=O)O)cc1. The van der Waals surface area contributed by atoms with Gasteiger partial charge in [-0.05, 0) is 42.0 Å². The van der Waals surface area contributed by atoms with E-state index in [0.29, 0.717) is 17.0 Å². The van der Waals surface area contributed by atoms with E-state index in [-0.39, 0.29) is 23.4 Å². The van der Waals surface area contributed by atoms with Gasteiger partial charge in [-0.2, -0.15) is 0 Å². The van der Waals surface area contributed by atoms with Crippen molar-refractivity contribution in [2.45, 2.75) is 6.54 Å². The Kier molecular flexibility index (Phi) is 6.07. The van der Waals surface area contributed by atoms with Crippen molar-refractivity contribution < 1.29 is 24.4 Å². The maximum atomic E-state index is 13.3. The van der Waals surface area contributed by atoms with Gasteiger partial charge < -0.3 is 14.7 Å². The van der Waals surface area contributed by atoms with Crippen LogP contribution in [0.5, 0.6) is 5.75 Å². The molecule has 0 atom stereocenters. The molecule has 1 N–H and O–H groups in total. The summed E-state index contributed by atoms with van der Waals surface area (Å²) in [5, 5.41) is 20.3. The van der Waals surface area contributed by atoms with E-state index >= 15 is 0 Å². The lowest BCUT2D eigenvalue weighted by molar-refractivity contribution is -0.384. The maximum absolute atomic E-state index is 13.3. The average Bonchev–Trinajstić information content (AvgIpc) is 2.77. The number of nitro groups is 1. The first-order chi connectivity index (χ1) is 14.4. The Morgan fingerprint density at radius 1 is 0.967 bits per heavy atom. The van der Waals surface area contributed by atoms with Gasteiger partial charge in [0.1, 0.15) is 5.75 Å². The zero-order valence-corrected chi connectivity index (χ0v) is 16.0. The number of nitrogens with zero attached hydrogens (tertiary/aromatic N) is 2. The molecule has 0 saturated heterocycles. The highest BCUT2D eigenvalue weighted by Gasteiger charge is 2.23. The molecule has 0 heterocycles. The summed E-state index contributed by atoms with van der Waals surface area (Å²) in [6, 6.07) is 18.6. The minimum absolute atomic E-state index is 0.0442. The molecular weight excluding hydrogens is 388 g/mol. The maximum Gasteiger partial charge on any atom is 0.336 e. The molecule has 0 spiro atoms. The van der Waals surface area contributed by atoms with Gasteiger partial charge in [0.15, 0.2) is 0 Å². The van der Waals surface area contributed by atoms with Crippen molar-refractivity contribution in [1.82, 2.24) is 0 Å². The second kappa shape index (κ2) is 8.87. The van der Waals surface area contributed by atoms with E-state index in [1.54, 1.807) is 48.5 Å². The second-order valence-electron chi connectivity index (χ2n) is 6.36. The minimum atomic E-state index is -1.20. The van der Waals surface area contributed by atoms with E-state index in [4.69, 9.17) is 4.74 Å². The number of ether oxygens (including phenoxy) is 1. The predicted octanol–water partition coefficient (Wildman–Crippen LogP) is 4.15. The number of carboxylic acid groups (broad SMARTS) is 1. The van der Waals surface area contributed by atoms with Gasteiger partial charge in [-0.15, -0.1) is 0 Å². The van der Waals surface area contributed by atoms with Crippen molar-refractivity contribution in [2.24, 2.45) is 0 Å². The molecule has 3 aromatic carbocycles. The van der Waals surface area contributed by atoms with E-state index < -0.39 is 16.8 Å². The third-order valence-corrected chi connectivity index (χ3v) is 4.50. The number of anilines is 1.